The first-order valence-electron chi connectivity index (χ1n) is 8.28. The fourth-order valence-corrected chi connectivity index (χ4v) is 3.01. The van der Waals surface area contributed by atoms with Gasteiger partial charge >= 0.3 is 6.03 Å². The van der Waals surface area contributed by atoms with Crippen LogP contribution in [0.4, 0.5) is 4.79 Å². The number of hydrogen-bond donors (Lipinski definition) is 3. The van der Waals surface area contributed by atoms with Crippen LogP contribution in [0.2, 0.25) is 0 Å². The Hall–Kier alpha value is -2.41. The Kier molecular flexibility index (Phi) is 5.47. The standard InChI is InChI=1S/C18H25N3O4/c1-11-5-7-12(8-6-11)9-10-13-16(23)21(17(24)19-13)14(15(22)20-25)18(2,3)4/h5-8,13-14,25H,9-10H2,1-4H3,(H,19,24)(H,20,22). The Balaban J connectivity index is 2.12. The summed E-state index contributed by atoms with van der Waals surface area (Å²) < 4.78 is 0. The minimum atomic E-state index is -1.09. The van der Waals surface area contributed by atoms with Crippen LogP contribution in [0.25, 0.3) is 0 Å². The molecule has 2 atom stereocenters. The number of aryl methyl sites for hydroxylation is 2. The second-order valence-electron chi connectivity index (χ2n) is 7.48. The lowest BCUT2D eigenvalue weighted by atomic mass is 9.85. The summed E-state index contributed by atoms with van der Waals surface area (Å²) in [4.78, 5) is 37.9. The van der Waals surface area contributed by atoms with Gasteiger partial charge in [-0.05, 0) is 30.7 Å². The van der Waals surface area contributed by atoms with Gasteiger partial charge in [-0.2, -0.15) is 0 Å². The first kappa shape index (κ1) is 18.9. The fraction of sp³-hybridized carbons (Fsp3) is 0.500. The third kappa shape index (κ3) is 4.17. The Morgan fingerprint density at radius 3 is 2.40 bits per heavy atom. The van der Waals surface area contributed by atoms with Crippen molar-refractivity contribution < 1.29 is 19.6 Å². The molecule has 0 aliphatic carbocycles. The number of carbonyl (C=O) groups is 3. The van der Waals surface area contributed by atoms with Crippen LogP contribution in [0, 0.1) is 12.3 Å². The predicted molar refractivity (Wildman–Crippen MR) is 91.8 cm³/mol. The number of benzene rings is 1. The SMILES string of the molecule is Cc1ccc(CCC2NC(=O)N(C(C(=O)NO)C(C)(C)C)C2=O)cc1. The Morgan fingerprint density at radius 1 is 1.28 bits per heavy atom. The van der Waals surface area contributed by atoms with Crippen molar-refractivity contribution in [1.82, 2.24) is 15.7 Å². The van der Waals surface area contributed by atoms with Gasteiger partial charge in [-0.25, -0.2) is 15.2 Å². The maximum Gasteiger partial charge on any atom is 0.325 e. The van der Waals surface area contributed by atoms with E-state index in [9.17, 15) is 14.4 Å². The molecular weight excluding hydrogens is 322 g/mol. The topological polar surface area (TPSA) is 98.7 Å². The lowest BCUT2D eigenvalue weighted by molar-refractivity contribution is -0.144. The lowest BCUT2D eigenvalue weighted by Gasteiger charge is -2.34. The molecule has 1 saturated heterocycles. The number of carbonyl (C=O) groups excluding carboxylic acids is 3. The minimum Gasteiger partial charge on any atom is -0.326 e. The van der Waals surface area contributed by atoms with Crippen LogP contribution in [-0.2, 0) is 16.0 Å². The number of nitrogens with one attached hydrogen (secondary N) is 2. The van der Waals surface area contributed by atoms with Crippen molar-refractivity contribution in [1.29, 1.82) is 0 Å². The van der Waals surface area contributed by atoms with Crippen LogP contribution in [0.15, 0.2) is 24.3 Å². The van der Waals surface area contributed by atoms with E-state index in [-0.39, 0.29) is 0 Å². The minimum absolute atomic E-state index is 0.444. The number of hydrogen-bond acceptors (Lipinski definition) is 4. The second kappa shape index (κ2) is 7.23. The first-order chi connectivity index (χ1) is 11.6. The molecule has 0 radical (unpaired) electrons. The van der Waals surface area contributed by atoms with Crippen molar-refractivity contribution in [3.63, 3.8) is 0 Å². The molecule has 4 amide bonds. The molecule has 0 aromatic heterocycles. The molecule has 2 unspecified atom stereocenters. The highest BCUT2D eigenvalue weighted by atomic mass is 16.5. The van der Waals surface area contributed by atoms with Gasteiger partial charge < -0.3 is 5.32 Å². The summed E-state index contributed by atoms with van der Waals surface area (Å²) >= 11 is 0. The van der Waals surface area contributed by atoms with Crippen LogP contribution in [0.5, 0.6) is 0 Å². The lowest BCUT2D eigenvalue weighted by Crippen LogP contribution is -2.55. The smallest absolute Gasteiger partial charge is 0.325 e. The molecule has 1 fully saturated rings. The molecule has 0 bridgehead atoms. The van der Waals surface area contributed by atoms with Crippen LogP contribution >= 0.6 is 0 Å². The van der Waals surface area contributed by atoms with Gasteiger partial charge in [0.2, 0.25) is 0 Å². The maximum atomic E-state index is 12.7. The van der Waals surface area contributed by atoms with Crippen molar-refractivity contribution in [2.24, 2.45) is 5.41 Å². The molecule has 7 nitrogen and oxygen atoms in total. The molecular formula is C18H25N3O4. The maximum absolute atomic E-state index is 12.7. The van der Waals surface area contributed by atoms with Gasteiger partial charge in [0.15, 0.2) is 0 Å². The average molecular weight is 347 g/mol. The van der Waals surface area contributed by atoms with Gasteiger partial charge in [0.25, 0.3) is 11.8 Å². The zero-order valence-electron chi connectivity index (χ0n) is 15.0. The first-order valence-corrected chi connectivity index (χ1v) is 8.28. The summed E-state index contributed by atoms with van der Waals surface area (Å²) in [6.45, 7) is 7.19. The quantitative estimate of drug-likeness (QED) is 0.429. The van der Waals surface area contributed by atoms with Crippen molar-refractivity contribution in [3.8, 4) is 0 Å². The summed E-state index contributed by atoms with van der Waals surface area (Å²) in [5.74, 6) is -1.23. The number of rotatable bonds is 5. The van der Waals surface area contributed by atoms with Crippen LogP contribution < -0.4 is 10.8 Å². The van der Waals surface area contributed by atoms with Crippen molar-refractivity contribution in [3.05, 3.63) is 35.4 Å². The van der Waals surface area contributed by atoms with Gasteiger partial charge in [0, 0.05) is 0 Å². The average Bonchev–Trinajstić information content (AvgIpc) is 2.81. The number of imide groups is 1. The van der Waals surface area contributed by atoms with E-state index in [0.717, 1.165) is 16.0 Å². The summed E-state index contributed by atoms with van der Waals surface area (Å²) in [5.41, 5.74) is 3.07. The monoisotopic (exact) mass is 347 g/mol. The van der Waals surface area contributed by atoms with Crippen LogP contribution in [0.1, 0.15) is 38.3 Å². The molecule has 1 aromatic rings. The third-order valence-electron chi connectivity index (χ3n) is 4.33. The Morgan fingerprint density at radius 2 is 1.88 bits per heavy atom. The highest BCUT2D eigenvalue weighted by Gasteiger charge is 2.48. The van der Waals surface area contributed by atoms with Crippen molar-refractivity contribution in [2.75, 3.05) is 0 Å². The van der Waals surface area contributed by atoms with Gasteiger partial charge in [0.05, 0.1) is 0 Å². The van der Waals surface area contributed by atoms with Gasteiger partial charge in [0.1, 0.15) is 12.1 Å². The van der Waals surface area contributed by atoms with E-state index in [1.165, 1.54) is 0 Å². The van der Waals surface area contributed by atoms with Gasteiger partial charge in [-0.3, -0.25) is 14.8 Å². The van der Waals surface area contributed by atoms with Crippen LogP contribution in [0.3, 0.4) is 0 Å². The molecule has 3 N–H and O–H groups in total. The van der Waals surface area contributed by atoms with E-state index >= 15 is 0 Å². The largest absolute Gasteiger partial charge is 0.326 e. The van der Waals surface area contributed by atoms with E-state index in [2.05, 4.69) is 5.32 Å². The molecule has 0 spiro atoms. The molecule has 136 valence electrons. The second-order valence-corrected chi connectivity index (χ2v) is 7.48. The zero-order valence-corrected chi connectivity index (χ0v) is 15.0. The molecule has 25 heavy (non-hydrogen) atoms. The summed E-state index contributed by atoms with van der Waals surface area (Å²) in [7, 11) is 0. The van der Waals surface area contributed by atoms with E-state index in [0.29, 0.717) is 12.8 Å². The normalized spacial score (nSPS) is 18.9. The number of amides is 4. The summed E-state index contributed by atoms with van der Waals surface area (Å²) in [6, 6.07) is 5.61. The highest BCUT2D eigenvalue weighted by molar-refractivity contribution is 6.07. The van der Waals surface area contributed by atoms with Crippen LogP contribution in [-0.4, -0.2) is 40.0 Å². The van der Waals surface area contributed by atoms with Crippen molar-refractivity contribution in [2.45, 2.75) is 52.6 Å². The molecule has 1 aliphatic rings. The predicted octanol–water partition coefficient (Wildman–Crippen LogP) is 1.77. The molecule has 2 rings (SSSR count). The van der Waals surface area contributed by atoms with E-state index in [4.69, 9.17) is 5.21 Å². The van der Waals surface area contributed by atoms with E-state index in [1.54, 1.807) is 26.3 Å². The van der Waals surface area contributed by atoms with Gasteiger partial charge in [-0.15, -0.1) is 0 Å². The zero-order chi connectivity index (χ0) is 18.8. The van der Waals surface area contributed by atoms with Crippen molar-refractivity contribution >= 4 is 17.8 Å². The Labute approximate surface area is 147 Å². The number of nitrogens with zero attached hydrogens (tertiary/aromatic N) is 1. The third-order valence-corrected chi connectivity index (χ3v) is 4.33. The summed E-state index contributed by atoms with van der Waals surface area (Å²) in [5, 5.41) is 11.6. The molecule has 0 saturated carbocycles. The fourth-order valence-electron chi connectivity index (χ4n) is 3.01. The number of urea groups is 1. The molecule has 1 aliphatic heterocycles. The van der Waals surface area contributed by atoms with Gasteiger partial charge in [-0.1, -0.05) is 50.6 Å². The number of hydroxylamine groups is 1. The summed E-state index contributed by atoms with van der Waals surface area (Å²) in [6.07, 6.45) is 1.08. The highest BCUT2D eigenvalue weighted by Crippen LogP contribution is 2.28. The Bertz CT molecular complexity index is 664. The van der Waals surface area contributed by atoms with E-state index < -0.39 is 35.3 Å². The molecule has 1 aromatic carbocycles. The van der Waals surface area contributed by atoms with E-state index in [1.807, 2.05) is 31.2 Å². The molecule has 7 heteroatoms. The molecule has 1 heterocycles.